The van der Waals surface area contributed by atoms with Gasteiger partial charge in [-0.25, -0.2) is 0 Å². The number of hydrogen-bond acceptors (Lipinski definition) is 7. The Morgan fingerprint density at radius 1 is 1.21 bits per heavy atom. The first-order valence-electron chi connectivity index (χ1n) is 9.59. The number of nitriles is 1. The summed E-state index contributed by atoms with van der Waals surface area (Å²) in [6.07, 6.45) is -0.200. The first-order chi connectivity index (χ1) is 13.8. The normalized spacial score (nSPS) is 17.0. The summed E-state index contributed by atoms with van der Waals surface area (Å²) in [6, 6.07) is 14.1. The van der Waals surface area contributed by atoms with Crippen LogP contribution in [0.1, 0.15) is 16.5 Å². The van der Waals surface area contributed by atoms with E-state index in [2.05, 4.69) is 33.8 Å². The fraction of sp³-hybridized carbons (Fsp3) is 0.476. The third kappa shape index (κ3) is 6.30. The minimum atomic E-state index is -0.590. The summed E-state index contributed by atoms with van der Waals surface area (Å²) in [7, 11) is 0. The van der Waals surface area contributed by atoms with Gasteiger partial charge in [0.1, 0.15) is 18.5 Å². The van der Waals surface area contributed by atoms with Crippen LogP contribution in [0.3, 0.4) is 0 Å². The van der Waals surface area contributed by atoms with Gasteiger partial charge in [0.25, 0.3) is 0 Å². The largest absolute Gasteiger partial charge is 0.491 e. The van der Waals surface area contributed by atoms with Gasteiger partial charge in [-0.2, -0.15) is 5.26 Å². The Balaban J connectivity index is 1.42. The molecule has 7 heteroatoms. The van der Waals surface area contributed by atoms with E-state index in [0.29, 0.717) is 24.8 Å². The molecule has 0 radical (unpaired) electrons. The molecule has 2 N–H and O–H groups in total. The molecule has 6 nitrogen and oxygen atoms in total. The van der Waals surface area contributed by atoms with Crippen LogP contribution in [-0.2, 0) is 11.2 Å². The Labute approximate surface area is 170 Å². The highest BCUT2D eigenvalue weighted by atomic mass is 32.1. The lowest BCUT2D eigenvalue weighted by Gasteiger charge is -2.34. The highest BCUT2D eigenvalue weighted by Crippen LogP contribution is 2.25. The number of benzene rings is 1. The van der Waals surface area contributed by atoms with Gasteiger partial charge in [0.2, 0.25) is 0 Å². The fourth-order valence-electron chi connectivity index (χ4n) is 3.21. The molecule has 28 heavy (non-hydrogen) atoms. The molecule has 2 heterocycles. The summed E-state index contributed by atoms with van der Waals surface area (Å²) >= 11 is 1.77. The van der Waals surface area contributed by atoms with Crippen LogP contribution in [0.4, 0.5) is 0 Å². The summed E-state index contributed by atoms with van der Waals surface area (Å²) in [5.74, 6) is 0.700. The van der Waals surface area contributed by atoms with Crippen molar-refractivity contribution < 1.29 is 14.6 Å². The molecule has 0 aliphatic carbocycles. The maximum absolute atomic E-state index is 10.2. The second-order valence-electron chi connectivity index (χ2n) is 6.78. The van der Waals surface area contributed by atoms with Gasteiger partial charge in [-0.1, -0.05) is 18.2 Å². The number of nitrogens with zero attached hydrogens (tertiary/aromatic N) is 2. The maximum atomic E-state index is 10.2. The first kappa shape index (κ1) is 20.8. The van der Waals surface area contributed by atoms with Gasteiger partial charge in [0, 0.05) is 31.1 Å². The number of thiophene rings is 1. The monoisotopic (exact) mass is 401 g/mol. The predicted molar refractivity (Wildman–Crippen MR) is 110 cm³/mol. The van der Waals surface area contributed by atoms with E-state index < -0.39 is 6.10 Å². The Hall–Kier alpha value is -1.95. The fourth-order valence-corrected chi connectivity index (χ4v) is 4.07. The summed E-state index contributed by atoms with van der Waals surface area (Å²) in [5.41, 5.74) is 0.958. The van der Waals surface area contributed by atoms with Crippen molar-refractivity contribution in [3.05, 3.63) is 52.2 Å². The van der Waals surface area contributed by atoms with Crippen molar-refractivity contribution in [2.45, 2.75) is 18.6 Å². The van der Waals surface area contributed by atoms with E-state index in [1.807, 2.05) is 24.3 Å². The SMILES string of the molecule is N#CCc1ccc(OC[C@H](O)CNC[C@@H](c2cccs2)N2CCOCC2)cc1. The van der Waals surface area contributed by atoms with Crippen molar-refractivity contribution in [1.82, 2.24) is 10.2 Å². The van der Waals surface area contributed by atoms with Crippen molar-refractivity contribution in [2.24, 2.45) is 0 Å². The average Bonchev–Trinajstić information content (AvgIpc) is 3.26. The maximum Gasteiger partial charge on any atom is 0.119 e. The standard InChI is InChI=1S/C21H27N3O3S/c22-8-7-17-3-5-19(6-4-17)27-16-18(25)14-23-15-20(21-2-1-13-28-21)24-9-11-26-12-10-24/h1-6,13,18,20,23,25H,7,9-12,14-16H2/t18-,20+/m1/s1. The predicted octanol–water partition coefficient (Wildman–Crippen LogP) is 2.22. The molecule has 0 bridgehead atoms. The van der Waals surface area contributed by atoms with Crippen molar-refractivity contribution in [3.63, 3.8) is 0 Å². The highest BCUT2D eigenvalue weighted by Gasteiger charge is 2.23. The zero-order valence-electron chi connectivity index (χ0n) is 15.9. The number of rotatable bonds is 10. The lowest BCUT2D eigenvalue weighted by molar-refractivity contribution is 0.0159. The molecule has 0 saturated carbocycles. The van der Waals surface area contributed by atoms with Crippen LogP contribution in [-0.4, -0.2) is 62.1 Å². The molecular weight excluding hydrogens is 374 g/mol. The molecule has 1 aliphatic heterocycles. The number of aliphatic hydroxyl groups is 1. The summed E-state index contributed by atoms with van der Waals surface area (Å²) in [5, 5.41) is 24.4. The van der Waals surface area contributed by atoms with Crippen LogP contribution in [0.2, 0.25) is 0 Å². The van der Waals surface area contributed by atoms with E-state index in [0.717, 1.165) is 38.4 Å². The van der Waals surface area contributed by atoms with Crippen LogP contribution in [0.5, 0.6) is 5.75 Å². The van der Waals surface area contributed by atoms with Gasteiger partial charge in [-0.15, -0.1) is 11.3 Å². The molecule has 0 spiro atoms. The van der Waals surface area contributed by atoms with Gasteiger partial charge < -0.3 is 19.9 Å². The van der Waals surface area contributed by atoms with E-state index in [9.17, 15) is 5.11 Å². The van der Waals surface area contributed by atoms with E-state index in [-0.39, 0.29) is 6.61 Å². The van der Waals surface area contributed by atoms with Gasteiger partial charge in [-0.05, 0) is 29.1 Å². The van der Waals surface area contributed by atoms with E-state index in [1.54, 1.807) is 11.3 Å². The topological polar surface area (TPSA) is 77.8 Å². The van der Waals surface area contributed by atoms with Crippen LogP contribution >= 0.6 is 11.3 Å². The minimum absolute atomic E-state index is 0.228. The molecule has 0 unspecified atom stereocenters. The first-order valence-corrected chi connectivity index (χ1v) is 10.5. The lowest BCUT2D eigenvalue weighted by atomic mass is 10.1. The number of ether oxygens (including phenoxy) is 2. The lowest BCUT2D eigenvalue weighted by Crippen LogP contribution is -2.44. The molecular formula is C21H27N3O3S. The number of hydrogen-bond donors (Lipinski definition) is 2. The molecule has 3 rings (SSSR count). The molecule has 0 amide bonds. The molecule has 1 saturated heterocycles. The Morgan fingerprint density at radius 2 is 2.00 bits per heavy atom. The van der Waals surface area contributed by atoms with Crippen molar-refractivity contribution in [2.75, 3.05) is 46.0 Å². The molecule has 2 atom stereocenters. The third-order valence-electron chi connectivity index (χ3n) is 4.72. The summed E-state index contributed by atoms with van der Waals surface area (Å²) in [6.45, 7) is 4.87. The van der Waals surface area contributed by atoms with Gasteiger partial charge in [0.15, 0.2) is 0 Å². The zero-order chi connectivity index (χ0) is 19.6. The van der Waals surface area contributed by atoms with E-state index >= 15 is 0 Å². The smallest absolute Gasteiger partial charge is 0.119 e. The summed E-state index contributed by atoms with van der Waals surface area (Å²) in [4.78, 5) is 3.77. The molecule has 150 valence electrons. The zero-order valence-corrected chi connectivity index (χ0v) is 16.7. The highest BCUT2D eigenvalue weighted by molar-refractivity contribution is 7.10. The van der Waals surface area contributed by atoms with E-state index in [1.165, 1.54) is 4.88 Å². The summed E-state index contributed by atoms with van der Waals surface area (Å²) < 4.78 is 11.1. The van der Waals surface area contributed by atoms with Crippen LogP contribution in [0.15, 0.2) is 41.8 Å². The van der Waals surface area contributed by atoms with Crippen LogP contribution in [0.25, 0.3) is 0 Å². The Kier molecular flexibility index (Phi) is 8.27. The third-order valence-corrected chi connectivity index (χ3v) is 5.70. The van der Waals surface area contributed by atoms with Crippen molar-refractivity contribution >= 4 is 11.3 Å². The Morgan fingerprint density at radius 3 is 2.68 bits per heavy atom. The van der Waals surface area contributed by atoms with Crippen molar-refractivity contribution in [3.8, 4) is 11.8 Å². The van der Waals surface area contributed by atoms with Crippen LogP contribution < -0.4 is 10.1 Å². The second kappa shape index (κ2) is 11.1. The number of aliphatic hydroxyl groups excluding tert-OH is 1. The quantitative estimate of drug-likeness (QED) is 0.636. The molecule has 1 fully saturated rings. The second-order valence-corrected chi connectivity index (χ2v) is 7.76. The molecule has 1 aromatic carbocycles. The minimum Gasteiger partial charge on any atom is -0.491 e. The van der Waals surface area contributed by atoms with Gasteiger partial charge in [-0.3, -0.25) is 4.90 Å². The van der Waals surface area contributed by atoms with E-state index in [4.69, 9.17) is 14.7 Å². The number of nitrogens with one attached hydrogen (secondary N) is 1. The molecule has 1 aromatic heterocycles. The van der Waals surface area contributed by atoms with Crippen LogP contribution in [0, 0.1) is 11.3 Å². The Bertz CT molecular complexity index is 724. The van der Waals surface area contributed by atoms with Gasteiger partial charge >= 0.3 is 0 Å². The number of morpholine rings is 1. The van der Waals surface area contributed by atoms with Crippen molar-refractivity contribution in [1.29, 1.82) is 5.26 Å². The van der Waals surface area contributed by atoms with Gasteiger partial charge in [0.05, 0.1) is 31.7 Å². The average molecular weight is 402 g/mol. The molecule has 2 aromatic rings. The molecule has 1 aliphatic rings.